The fraction of sp³-hybridized carbons (Fsp3) is 0.353. The van der Waals surface area contributed by atoms with Gasteiger partial charge in [-0.05, 0) is 42.7 Å². The van der Waals surface area contributed by atoms with Crippen molar-refractivity contribution >= 4 is 5.97 Å². The summed E-state index contributed by atoms with van der Waals surface area (Å²) in [4.78, 5) is 13.5. The lowest BCUT2D eigenvalue weighted by Crippen LogP contribution is -2.46. The van der Waals surface area contributed by atoms with Crippen LogP contribution in [0.1, 0.15) is 36.6 Å². The number of hydrogen-bond acceptors (Lipinski definition) is 3. The molecule has 5 heteroatoms. The van der Waals surface area contributed by atoms with Gasteiger partial charge < -0.3 is 9.52 Å². The predicted molar refractivity (Wildman–Crippen MR) is 78.9 cm³/mol. The summed E-state index contributed by atoms with van der Waals surface area (Å²) < 4.78 is 19.1. The number of hydrogen-bond donors (Lipinski definition) is 1. The number of furan rings is 1. The molecule has 1 fully saturated rings. The average molecular weight is 303 g/mol. The average Bonchev–Trinajstić information content (AvgIpc) is 3.02. The molecule has 0 amide bonds. The van der Waals surface area contributed by atoms with Crippen molar-refractivity contribution in [3.8, 4) is 0 Å². The third-order valence-electron chi connectivity index (χ3n) is 4.14. The molecular formula is C17H18FNO3. The van der Waals surface area contributed by atoms with Crippen molar-refractivity contribution in [1.82, 2.24) is 4.90 Å². The fourth-order valence-electron chi connectivity index (χ4n) is 3.17. The van der Waals surface area contributed by atoms with Crippen LogP contribution in [-0.2, 0) is 4.79 Å². The zero-order valence-corrected chi connectivity index (χ0v) is 12.1. The molecule has 1 saturated heterocycles. The van der Waals surface area contributed by atoms with E-state index in [9.17, 15) is 14.3 Å². The van der Waals surface area contributed by atoms with Crippen LogP contribution in [0.2, 0.25) is 0 Å². The fourth-order valence-corrected chi connectivity index (χ4v) is 3.17. The van der Waals surface area contributed by atoms with Gasteiger partial charge in [-0.3, -0.25) is 9.69 Å². The van der Waals surface area contributed by atoms with Crippen molar-refractivity contribution in [2.75, 3.05) is 6.54 Å². The molecule has 2 atom stereocenters. The number of carboxylic acids is 1. The summed E-state index contributed by atoms with van der Waals surface area (Å²) in [7, 11) is 0. The molecule has 0 saturated carbocycles. The highest BCUT2D eigenvalue weighted by molar-refractivity contribution is 5.73. The third kappa shape index (κ3) is 2.90. The predicted octanol–water partition coefficient (Wildman–Crippen LogP) is 3.45. The van der Waals surface area contributed by atoms with Crippen LogP contribution in [0.15, 0.2) is 47.1 Å². The van der Waals surface area contributed by atoms with Crippen LogP contribution in [0.5, 0.6) is 0 Å². The highest BCUT2D eigenvalue weighted by atomic mass is 19.1. The molecule has 1 aromatic carbocycles. The molecule has 1 aromatic heterocycles. The topological polar surface area (TPSA) is 53.7 Å². The van der Waals surface area contributed by atoms with Crippen molar-refractivity contribution in [2.45, 2.75) is 31.3 Å². The van der Waals surface area contributed by atoms with Crippen molar-refractivity contribution in [3.05, 3.63) is 59.8 Å². The van der Waals surface area contributed by atoms with E-state index < -0.39 is 12.0 Å². The Kier molecular flexibility index (Phi) is 4.24. The summed E-state index contributed by atoms with van der Waals surface area (Å²) in [6.45, 7) is 0.652. The molecule has 1 N–H and O–H groups in total. The van der Waals surface area contributed by atoms with Crippen LogP contribution >= 0.6 is 0 Å². The molecule has 0 bridgehead atoms. The zero-order chi connectivity index (χ0) is 15.5. The summed E-state index contributed by atoms with van der Waals surface area (Å²) in [5, 5.41) is 9.51. The Morgan fingerprint density at radius 3 is 2.86 bits per heavy atom. The van der Waals surface area contributed by atoms with Crippen LogP contribution in [-0.4, -0.2) is 28.6 Å². The summed E-state index contributed by atoms with van der Waals surface area (Å²) in [6, 6.07) is 8.89. The number of nitrogens with zero attached hydrogens (tertiary/aromatic N) is 1. The summed E-state index contributed by atoms with van der Waals surface area (Å²) in [5.41, 5.74) is 0.711. The van der Waals surface area contributed by atoms with Gasteiger partial charge in [0.2, 0.25) is 0 Å². The maximum absolute atomic E-state index is 13.6. The van der Waals surface area contributed by atoms with E-state index in [0.29, 0.717) is 24.3 Å². The SMILES string of the molecule is O=C(O)C1CCCCN1C(c1cccc(F)c1)c1ccco1. The number of piperidine rings is 1. The molecule has 1 aliphatic rings. The van der Waals surface area contributed by atoms with Gasteiger partial charge in [-0.2, -0.15) is 0 Å². The van der Waals surface area contributed by atoms with Crippen LogP contribution in [0, 0.1) is 5.82 Å². The van der Waals surface area contributed by atoms with E-state index in [-0.39, 0.29) is 11.9 Å². The van der Waals surface area contributed by atoms with Crippen LogP contribution in [0.3, 0.4) is 0 Å². The normalized spacial score (nSPS) is 20.7. The lowest BCUT2D eigenvalue weighted by Gasteiger charge is -2.38. The Labute approximate surface area is 128 Å². The van der Waals surface area contributed by atoms with E-state index in [1.54, 1.807) is 18.4 Å². The number of carbonyl (C=O) groups is 1. The molecular weight excluding hydrogens is 285 g/mol. The number of carboxylic acid groups (broad SMARTS) is 1. The molecule has 0 spiro atoms. The molecule has 22 heavy (non-hydrogen) atoms. The van der Waals surface area contributed by atoms with E-state index >= 15 is 0 Å². The Balaban J connectivity index is 2.03. The van der Waals surface area contributed by atoms with Crippen molar-refractivity contribution < 1.29 is 18.7 Å². The van der Waals surface area contributed by atoms with E-state index in [1.165, 1.54) is 12.1 Å². The Hall–Kier alpha value is -2.14. The molecule has 4 nitrogen and oxygen atoms in total. The number of halogens is 1. The Bertz CT molecular complexity index is 641. The van der Waals surface area contributed by atoms with Gasteiger partial charge in [0.05, 0.1) is 12.3 Å². The second-order valence-corrected chi connectivity index (χ2v) is 5.56. The first-order chi connectivity index (χ1) is 10.7. The van der Waals surface area contributed by atoms with Crippen molar-refractivity contribution in [1.29, 1.82) is 0 Å². The molecule has 116 valence electrons. The van der Waals surface area contributed by atoms with Crippen LogP contribution in [0.25, 0.3) is 0 Å². The van der Waals surface area contributed by atoms with Gasteiger partial charge in [-0.1, -0.05) is 18.6 Å². The third-order valence-corrected chi connectivity index (χ3v) is 4.14. The van der Waals surface area contributed by atoms with Gasteiger partial charge in [0, 0.05) is 6.54 Å². The standard InChI is InChI=1S/C17H18FNO3/c18-13-6-3-5-12(11-13)16(15-8-4-10-22-15)19-9-2-1-7-14(19)17(20)21/h3-6,8,10-11,14,16H,1-2,7,9H2,(H,20,21). The summed E-state index contributed by atoms with van der Waals surface area (Å²) in [6.07, 6.45) is 3.97. The lowest BCUT2D eigenvalue weighted by atomic mass is 9.95. The molecule has 2 unspecified atom stereocenters. The first-order valence-electron chi connectivity index (χ1n) is 7.44. The first kappa shape index (κ1) is 14.8. The molecule has 1 aliphatic heterocycles. The van der Waals surface area contributed by atoms with Gasteiger partial charge in [0.25, 0.3) is 0 Å². The minimum Gasteiger partial charge on any atom is -0.480 e. The highest BCUT2D eigenvalue weighted by Crippen LogP contribution is 2.34. The van der Waals surface area contributed by atoms with Crippen molar-refractivity contribution in [3.63, 3.8) is 0 Å². The summed E-state index contributed by atoms with van der Waals surface area (Å²) >= 11 is 0. The maximum atomic E-state index is 13.6. The van der Waals surface area contributed by atoms with Crippen molar-refractivity contribution in [2.24, 2.45) is 0 Å². The molecule has 2 aromatic rings. The minimum absolute atomic E-state index is 0.335. The van der Waals surface area contributed by atoms with Crippen LogP contribution < -0.4 is 0 Å². The maximum Gasteiger partial charge on any atom is 0.320 e. The summed E-state index contributed by atoms with van der Waals surface area (Å²) in [5.74, 6) is -0.538. The number of likely N-dealkylation sites (tertiary alicyclic amines) is 1. The number of rotatable bonds is 4. The van der Waals surface area contributed by atoms with Gasteiger partial charge in [-0.15, -0.1) is 0 Å². The first-order valence-corrected chi connectivity index (χ1v) is 7.44. The van der Waals surface area contributed by atoms with E-state index in [0.717, 1.165) is 12.8 Å². The Morgan fingerprint density at radius 2 is 2.18 bits per heavy atom. The number of benzene rings is 1. The second kappa shape index (κ2) is 6.32. The molecule has 3 rings (SSSR count). The minimum atomic E-state index is -0.840. The van der Waals surface area contributed by atoms with Gasteiger partial charge in [-0.25, -0.2) is 4.39 Å². The zero-order valence-electron chi connectivity index (χ0n) is 12.1. The monoisotopic (exact) mass is 303 g/mol. The number of aliphatic carboxylic acids is 1. The van der Waals surface area contributed by atoms with Crippen LogP contribution in [0.4, 0.5) is 4.39 Å². The highest BCUT2D eigenvalue weighted by Gasteiger charge is 2.36. The second-order valence-electron chi connectivity index (χ2n) is 5.56. The quantitative estimate of drug-likeness (QED) is 0.940. The van der Waals surface area contributed by atoms with E-state index in [1.807, 2.05) is 17.0 Å². The Morgan fingerprint density at radius 1 is 1.32 bits per heavy atom. The van der Waals surface area contributed by atoms with Gasteiger partial charge in [0.15, 0.2) is 0 Å². The molecule has 2 heterocycles. The largest absolute Gasteiger partial charge is 0.480 e. The molecule has 0 radical (unpaired) electrons. The van der Waals surface area contributed by atoms with E-state index in [2.05, 4.69) is 0 Å². The van der Waals surface area contributed by atoms with E-state index in [4.69, 9.17) is 4.42 Å². The van der Waals surface area contributed by atoms with Gasteiger partial charge >= 0.3 is 5.97 Å². The van der Waals surface area contributed by atoms with Gasteiger partial charge in [0.1, 0.15) is 17.6 Å². The smallest absolute Gasteiger partial charge is 0.320 e. The lowest BCUT2D eigenvalue weighted by molar-refractivity contribution is -0.145. The molecule has 0 aliphatic carbocycles.